The van der Waals surface area contributed by atoms with Gasteiger partial charge in [0.25, 0.3) is 0 Å². The second kappa shape index (κ2) is 7.65. The maximum absolute atomic E-state index is 12.4. The van der Waals surface area contributed by atoms with Crippen LogP contribution in [0.4, 0.5) is 18.9 Å². The first kappa shape index (κ1) is 18.3. The van der Waals surface area contributed by atoms with Gasteiger partial charge in [0.05, 0.1) is 17.9 Å². The van der Waals surface area contributed by atoms with Crippen LogP contribution in [0.5, 0.6) is 0 Å². The molecule has 1 unspecified atom stereocenters. The first-order valence-corrected chi connectivity index (χ1v) is 7.60. The van der Waals surface area contributed by atoms with E-state index in [4.69, 9.17) is 4.74 Å². The molecule has 1 aromatic carbocycles. The van der Waals surface area contributed by atoms with Crippen LogP contribution in [0.15, 0.2) is 24.3 Å². The topological polar surface area (TPSA) is 58.6 Å². The maximum atomic E-state index is 12.4. The Morgan fingerprint density at radius 1 is 1.33 bits per heavy atom. The fourth-order valence-electron chi connectivity index (χ4n) is 2.64. The molecular weight excluding hydrogens is 325 g/mol. The van der Waals surface area contributed by atoms with E-state index < -0.39 is 18.1 Å². The number of piperidine rings is 1. The molecule has 24 heavy (non-hydrogen) atoms. The van der Waals surface area contributed by atoms with Crippen molar-refractivity contribution in [1.82, 2.24) is 4.90 Å². The number of carbonyl (C=O) groups is 2. The molecule has 5 nitrogen and oxygen atoms in total. The number of carbonyl (C=O) groups excluding carboxylic acids is 2. The molecule has 132 valence electrons. The maximum Gasteiger partial charge on any atom is 0.471 e. The number of para-hydroxylation sites is 1. The fraction of sp³-hybridized carbons (Fsp3) is 0.500. The van der Waals surface area contributed by atoms with E-state index in [1.807, 2.05) is 7.05 Å². The van der Waals surface area contributed by atoms with Gasteiger partial charge in [-0.1, -0.05) is 12.1 Å². The molecule has 0 bridgehead atoms. The third-order valence-electron chi connectivity index (χ3n) is 3.82. The molecule has 1 aliphatic heterocycles. The number of hydrogen-bond donors (Lipinski definition) is 1. The van der Waals surface area contributed by atoms with Crippen molar-refractivity contribution in [1.29, 1.82) is 0 Å². The standard InChI is InChI=1S/C16H19F3N2O3/c1-21-8-4-5-11(9-21)10-24-14(22)12-6-2-3-7-13(12)20-15(23)16(17,18)19/h2-3,6-7,11H,4-5,8-10H2,1H3,(H,20,23). The average molecular weight is 344 g/mol. The van der Waals surface area contributed by atoms with Gasteiger partial charge in [0, 0.05) is 12.5 Å². The fourth-order valence-corrected chi connectivity index (χ4v) is 2.64. The predicted molar refractivity (Wildman–Crippen MR) is 81.6 cm³/mol. The van der Waals surface area contributed by atoms with Gasteiger partial charge in [0.1, 0.15) is 0 Å². The highest BCUT2D eigenvalue weighted by Gasteiger charge is 2.39. The molecule has 1 saturated heterocycles. The van der Waals surface area contributed by atoms with Crippen molar-refractivity contribution in [2.75, 3.05) is 32.1 Å². The first-order valence-electron chi connectivity index (χ1n) is 7.60. The summed E-state index contributed by atoms with van der Waals surface area (Å²) in [4.78, 5) is 25.3. The Kier molecular flexibility index (Phi) is 5.82. The van der Waals surface area contributed by atoms with Gasteiger partial charge in [-0.2, -0.15) is 13.2 Å². The van der Waals surface area contributed by atoms with Gasteiger partial charge < -0.3 is 15.0 Å². The zero-order valence-corrected chi connectivity index (χ0v) is 13.2. The van der Waals surface area contributed by atoms with Gasteiger partial charge in [-0.05, 0) is 38.6 Å². The van der Waals surface area contributed by atoms with E-state index in [0.717, 1.165) is 25.9 Å². The molecule has 1 aromatic rings. The summed E-state index contributed by atoms with van der Waals surface area (Å²) in [5.74, 6) is -2.68. The van der Waals surface area contributed by atoms with Crippen LogP contribution in [0.1, 0.15) is 23.2 Å². The van der Waals surface area contributed by atoms with Crippen molar-refractivity contribution in [3.05, 3.63) is 29.8 Å². The zero-order chi connectivity index (χ0) is 17.7. The van der Waals surface area contributed by atoms with Crippen molar-refractivity contribution in [3.63, 3.8) is 0 Å². The molecule has 1 aliphatic rings. The van der Waals surface area contributed by atoms with E-state index in [2.05, 4.69) is 4.90 Å². The summed E-state index contributed by atoms with van der Waals surface area (Å²) in [6.45, 7) is 2.00. The Morgan fingerprint density at radius 3 is 2.71 bits per heavy atom. The summed E-state index contributed by atoms with van der Waals surface area (Å²) in [6.07, 6.45) is -3.08. The molecule has 0 radical (unpaired) electrons. The number of benzene rings is 1. The number of rotatable bonds is 4. The smallest absolute Gasteiger partial charge is 0.462 e. The minimum atomic E-state index is -5.02. The van der Waals surface area contributed by atoms with Gasteiger partial charge in [-0.15, -0.1) is 0 Å². The van der Waals surface area contributed by atoms with Crippen LogP contribution in [-0.2, 0) is 9.53 Å². The monoisotopic (exact) mass is 344 g/mol. The second-order valence-corrected chi connectivity index (χ2v) is 5.87. The Bertz CT molecular complexity index is 604. The minimum absolute atomic E-state index is 0.0979. The van der Waals surface area contributed by atoms with Crippen LogP contribution in [0, 0.1) is 5.92 Å². The molecular formula is C16H19F3N2O3. The van der Waals surface area contributed by atoms with Gasteiger partial charge >= 0.3 is 18.1 Å². The largest absolute Gasteiger partial charge is 0.471 e. The summed E-state index contributed by atoms with van der Waals surface area (Å²) in [6, 6.07) is 5.48. The van der Waals surface area contributed by atoms with Crippen molar-refractivity contribution in [2.24, 2.45) is 5.92 Å². The zero-order valence-electron chi connectivity index (χ0n) is 13.2. The van der Waals surface area contributed by atoms with Crippen LogP contribution in [0.2, 0.25) is 0 Å². The highest BCUT2D eigenvalue weighted by Crippen LogP contribution is 2.22. The Labute approximate surface area is 137 Å². The van der Waals surface area contributed by atoms with Gasteiger partial charge in [0.2, 0.25) is 0 Å². The highest BCUT2D eigenvalue weighted by molar-refractivity contribution is 6.02. The van der Waals surface area contributed by atoms with E-state index in [9.17, 15) is 22.8 Å². The molecule has 1 heterocycles. The lowest BCUT2D eigenvalue weighted by Gasteiger charge is -2.29. The van der Waals surface area contributed by atoms with Crippen molar-refractivity contribution in [3.8, 4) is 0 Å². The number of halogens is 3. The average Bonchev–Trinajstić information content (AvgIpc) is 2.52. The molecule has 2 rings (SSSR count). The number of nitrogens with one attached hydrogen (secondary N) is 1. The van der Waals surface area contributed by atoms with E-state index in [-0.39, 0.29) is 23.8 Å². The van der Waals surface area contributed by atoms with E-state index in [0.29, 0.717) is 0 Å². The molecule has 0 spiro atoms. The Balaban J connectivity index is 2.00. The lowest BCUT2D eigenvalue weighted by Crippen LogP contribution is -2.34. The van der Waals surface area contributed by atoms with Crippen LogP contribution >= 0.6 is 0 Å². The van der Waals surface area contributed by atoms with Gasteiger partial charge in [0.15, 0.2) is 0 Å². The summed E-state index contributed by atoms with van der Waals surface area (Å²) in [5, 5.41) is 1.70. The van der Waals surface area contributed by atoms with E-state index >= 15 is 0 Å². The summed E-state index contributed by atoms with van der Waals surface area (Å²) >= 11 is 0. The van der Waals surface area contributed by atoms with Crippen LogP contribution < -0.4 is 5.32 Å². The number of alkyl halides is 3. The Hall–Kier alpha value is -2.09. The number of nitrogens with zero attached hydrogens (tertiary/aromatic N) is 1. The van der Waals surface area contributed by atoms with Gasteiger partial charge in [-0.3, -0.25) is 4.79 Å². The number of ether oxygens (including phenoxy) is 1. The van der Waals surface area contributed by atoms with Crippen LogP contribution in [0.3, 0.4) is 0 Å². The lowest BCUT2D eigenvalue weighted by atomic mass is 9.99. The number of esters is 1. The van der Waals surface area contributed by atoms with Crippen molar-refractivity contribution < 1.29 is 27.5 Å². The van der Waals surface area contributed by atoms with Gasteiger partial charge in [-0.25, -0.2) is 4.79 Å². The Morgan fingerprint density at radius 2 is 2.04 bits per heavy atom. The lowest BCUT2D eigenvalue weighted by molar-refractivity contribution is -0.167. The molecule has 1 amide bonds. The minimum Gasteiger partial charge on any atom is -0.462 e. The number of amides is 1. The highest BCUT2D eigenvalue weighted by atomic mass is 19.4. The third-order valence-corrected chi connectivity index (χ3v) is 3.82. The van der Waals surface area contributed by atoms with Crippen LogP contribution in [0.25, 0.3) is 0 Å². The quantitative estimate of drug-likeness (QED) is 0.853. The normalized spacial score (nSPS) is 18.9. The molecule has 0 aromatic heterocycles. The first-order chi connectivity index (χ1) is 11.3. The van der Waals surface area contributed by atoms with Crippen LogP contribution in [-0.4, -0.2) is 49.7 Å². The molecule has 1 fully saturated rings. The predicted octanol–water partition coefficient (Wildman–Crippen LogP) is 2.69. The molecule has 8 heteroatoms. The molecule has 1 atom stereocenters. The number of hydrogen-bond acceptors (Lipinski definition) is 4. The summed E-state index contributed by atoms with van der Waals surface area (Å²) in [5.41, 5.74) is -0.315. The molecule has 1 N–H and O–H groups in total. The number of anilines is 1. The van der Waals surface area contributed by atoms with E-state index in [1.54, 1.807) is 5.32 Å². The summed E-state index contributed by atoms with van der Waals surface area (Å²) < 4.78 is 42.3. The summed E-state index contributed by atoms with van der Waals surface area (Å²) in [7, 11) is 1.98. The van der Waals surface area contributed by atoms with Crippen molar-refractivity contribution in [2.45, 2.75) is 19.0 Å². The second-order valence-electron chi connectivity index (χ2n) is 5.87. The third kappa shape index (κ3) is 4.95. The van der Waals surface area contributed by atoms with E-state index in [1.165, 1.54) is 24.3 Å². The molecule has 0 aliphatic carbocycles. The SMILES string of the molecule is CN1CCCC(COC(=O)c2ccccc2NC(=O)C(F)(F)F)C1. The number of likely N-dealkylation sites (tertiary alicyclic amines) is 1. The van der Waals surface area contributed by atoms with Crippen molar-refractivity contribution >= 4 is 17.6 Å². The molecule has 0 saturated carbocycles.